The number of hydrogen-bond acceptors (Lipinski definition) is 3. The quantitative estimate of drug-likeness (QED) is 0.843. The van der Waals surface area contributed by atoms with Crippen molar-refractivity contribution in [3.8, 4) is 5.75 Å². The molecule has 0 aliphatic heterocycles. The van der Waals surface area contributed by atoms with Crippen molar-refractivity contribution in [3.63, 3.8) is 0 Å². The average molecular weight is 287 g/mol. The second kappa shape index (κ2) is 6.48. The minimum Gasteiger partial charge on any atom is -0.494 e. The molecule has 16 heavy (non-hydrogen) atoms. The summed E-state index contributed by atoms with van der Waals surface area (Å²) >= 11 is 3.35. The van der Waals surface area contributed by atoms with Crippen LogP contribution in [0.2, 0.25) is 0 Å². The molecule has 0 spiro atoms. The highest BCUT2D eigenvalue weighted by molar-refractivity contribution is 9.09. The van der Waals surface area contributed by atoms with E-state index in [1.807, 2.05) is 6.92 Å². The molecule has 1 amide bonds. The van der Waals surface area contributed by atoms with E-state index >= 15 is 0 Å². The maximum absolute atomic E-state index is 11.9. The molecule has 1 N–H and O–H groups in total. The number of halogens is 1. The van der Waals surface area contributed by atoms with Gasteiger partial charge in [0.2, 0.25) is 0 Å². The van der Waals surface area contributed by atoms with Crippen LogP contribution in [-0.2, 0) is 0 Å². The lowest BCUT2D eigenvalue weighted by atomic mass is 10.2. The minimum absolute atomic E-state index is 0.130. The van der Waals surface area contributed by atoms with Gasteiger partial charge in [0.05, 0.1) is 18.9 Å². The number of aromatic nitrogens is 1. The van der Waals surface area contributed by atoms with Crippen molar-refractivity contribution in [2.45, 2.75) is 19.4 Å². The Balaban J connectivity index is 2.79. The summed E-state index contributed by atoms with van der Waals surface area (Å²) in [5.41, 5.74) is 0.511. The summed E-state index contributed by atoms with van der Waals surface area (Å²) in [5.74, 6) is 0.356. The Bertz CT molecular complexity index is 354. The van der Waals surface area contributed by atoms with E-state index in [0.717, 1.165) is 11.8 Å². The molecule has 0 fully saturated rings. The third-order valence-corrected chi connectivity index (χ3v) is 3.04. The van der Waals surface area contributed by atoms with Gasteiger partial charge in [-0.1, -0.05) is 22.9 Å². The van der Waals surface area contributed by atoms with Crippen molar-refractivity contribution < 1.29 is 9.53 Å². The van der Waals surface area contributed by atoms with Crippen LogP contribution in [-0.4, -0.2) is 29.4 Å². The van der Waals surface area contributed by atoms with Crippen LogP contribution in [0.5, 0.6) is 5.75 Å². The molecule has 1 rings (SSSR count). The molecule has 0 aliphatic rings. The second-order valence-corrected chi connectivity index (χ2v) is 3.96. The van der Waals surface area contributed by atoms with Gasteiger partial charge in [-0.25, -0.2) is 0 Å². The highest BCUT2D eigenvalue weighted by Gasteiger charge is 2.14. The van der Waals surface area contributed by atoms with Crippen molar-refractivity contribution in [1.82, 2.24) is 10.3 Å². The first-order chi connectivity index (χ1) is 7.72. The third-order valence-electron chi connectivity index (χ3n) is 2.26. The number of rotatable bonds is 5. The Labute approximate surface area is 104 Å². The molecule has 0 saturated heterocycles. The molecule has 1 atom stereocenters. The maximum Gasteiger partial charge on any atom is 0.255 e. The first-order valence-electron chi connectivity index (χ1n) is 5.07. The van der Waals surface area contributed by atoms with E-state index in [1.165, 1.54) is 13.3 Å². The van der Waals surface area contributed by atoms with Crippen LogP contribution in [0.3, 0.4) is 0 Å². The predicted octanol–water partition coefficient (Wildman–Crippen LogP) is 1.99. The van der Waals surface area contributed by atoms with E-state index in [9.17, 15) is 4.79 Å². The summed E-state index contributed by atoms with van der Waals surface area (Å²) in [4.78, 5) is 15.8. The van der Waals surface area contributed by atoms with Gasteiger partial charge in [0, 0.05) is 17.6 Å². The van der Waals surface area contributed by atoms with Gasteiger partial charge in [-0.3, -0.25) is 9.78 Å². The van der Waals surface area contributed by atoms with Crippen LogP contribution >= 0.6 is 15.9 Å². The standard InChI is InChI=1S/C11H15BrN2O2/c1-3-8(6-12)14-11(15)9-4-5-13-7-10(9)16-2/h4-5,7-8H,3,6H2,1-2H3,(H,14,15). The van der Waals surface area contributed by atoms with E-state index in [-0.39, 0.29) is 11.9 Å². The summed E-state index contributed by atoms with van der Waals surface area (Å²) in [6.07, 6.45) is 3.99. The SMILES string of the molecule is CCC(CBr)NC(=O)c1ccncc1OC. The van der Waals surface area contributed by atoms with Crippen molar-refractivity contribution in [3.05, 3.63) is 24.0 Å². The van der Waals surface area contributed by atoms with Gasteiger partial charge in [0.15, 0.2) is 0 Å². The summed E-state index contributed by atoms with van der Waals surface area (Å²) in [5, 5.41) is 3.65. The van der Waals surface area contributed by atoms with Crippen molar-refractivity contribution in [2.24, 2.45) is 0 Å². The highest BCUT2D eigenvalue weighted by Crippen LogP contribution is 2.15. The van der Waals surface area contributed by atoms with Crippen LogP contribution in [0.1, 0.15) is 23.7 Å². The van der Waals surface area contributed by atoms with Crippen molar-refractivity contribution >= 4 is 21.8 Å². The van der Waals surface area contributed by atoms with Crippen LogP contribution in [0.4, 0.5) is 0 Å². The normalized spacial score (nSPS) is 11.9. The van der Waals surface area contributed by atoms with Gasteiger partial charge in [-0.05, 0) is 12.5 Å². The zero-order chi connectivity index (χ0) is 12.0. The monoisotopic (exact) mass is 286 g/mol. The molecule has 1 aromatic rings. The van der Waals surface area contributed by atoms with Crippen molar-refractivity contribution in [1.29, 1.82) is 0 Å². The molecule has 1 aromatic heterocycles. The predicted molar refractivity (Wildman–Crippen MR) is 66.1 cm³/mol. The van der Waals surface area contributed by atoms with Crippen LogP contribution in [0.25, 0.3) is 0 Å². The van der Waals surface area contributed by atoms with E-state index < -0.39 is 0 Å². The fourth-order valence-electron chi connectivity index (χ4n) is 1.24. The molecular formula is C11H15BrN2O2. The number of carbonyl (C=O) groups is 1. The summed E-state index contributed by atoms with van der Waals surface area (Å²) in [7, 11) is 1.52. The number of nitrogens with zero attached hydrogens (tertiary/aromatic N) is 1. The molecule has 4 nitrogen and oxygen atoms in total. The first-order valence-corrected chi connectivity index (χ1v) is 6.19. The maximum atomic E-state index is 11.9. The lowest BCUT2D eigenvalue weighted by molar-refractivity contribution is 0.0937. The first kappa shape index (κ1) is 13.0. The lowest BCUT2D eigenvalue weighted by Crippen LogP contribution is -2.35. The molecule has 0 bridgehead atoms. The molecule has 0 aromatic carbocycles. The highest BCUT2D eigenvalue weighted by atomic mass is 79.9. The number of methoxy groups -OCH3 is 1. The molecule has 0 saturated carbocycles. The number of amides is 1. The fraction of sp³-hybridized carbons (Fsp3) is 0.455. The Kier molecular flexibility index (Phi) is 5.25. The van der Waals surface area contributed by atoms with Gasteiger partial charge in [0.25, 0.3) is 5.91 Å². The molecule has 1 heterocycles. The minimum atomic E-state index is -0.134. The Morgan fingerprint density at radius 1 is 1.69 bits per heavy atom. The average Bonchev–Trinajstić information content (AvgIpc) is 2.35. The van der Waals surface area contributed by atoms with Gasteiger partial charge in [-0.2, -0.15) is 0 Å². The summed E-state index contributed by atoms with van der Waals surface area (Å²) in [6, 6.07) is 1.78. The topological polar surface area (TPSA) is 51.2 Å². The number of ether oxygens (including phenoxy) is 1. The number of carbonyl (C=O) groups excluding carboxylic acids is 1. The van der Waals surface area contributed by atoms with Gasteiger partial charge in [-0.15, -0.1) is 0 Å². The summed E-state index contributed by atoms with van der Waals surface area (Å²) < 4.78 is 5.08. The fourth-order valence-corrected chi connectivity index (χ4v) is 1.86. The van der Waals surface area contributed by atoms with Crippen molar-refractivity contribution in [2.75, 3.05) is 12.4 Å². The Hall–Kier alpha value is -1.10. The van der Waals surface area contributed by atoms with Gasteiger partial charge >= 0.3 is 0 Å². The number of hydrogen-bond donors (Lipinski definition) is 1. The number of pyridine rings is 1. The molecule has 1 unspecified atom stereocenters. The molecular weight excluding hydrogens is 272 g/mol. The van der Waals surface area contributed by atoms with Gasteiger partial charge < -0.3 is 10.1 Å². The lowest BCUT2D eigenvalue weighted by Gasteiger charge is -2.15. The molecule has 5 heteroatoms. The van der Waals surface area contributed by atoms with Crippen LogP contribution in [0, 0.1) is 0 Å². The Morgan fingerprint density at radius 3 is 3.00 bits per heavy atom. The van der Waals surface area contributed by atoms with E-state index in [1.54, 1.807) is 12.3 Å². The molecule has 88 valence electrons. The largest absolute Gasteiger partial charge is 0.494 e. The zero-order valence-corrected chi connectivity index (χ0v) is 11.0. The summed E-state index contributed by atoms with van der Waals surface area (Å²) in [6.45, 7) is 2.02. The Morgan fingerprint density at radius 2 is 2.44 bits per heavy atom. The number of alkyl halides is 1. The smallest absolute Gasteiger partial charge is 0.255 e. The van der Waals surface area contributed by atoms with E-state index in [0.29, 0.717) is 11.3 Å². The van der Waals surface area contributed by atoms with Gasteiger partial charge in [0.1, 0.15) is 5.75 Å². The zero-order valence-electron chi connectivity index (χ0n) is 9.37. The van der Waals surface area contributed by atoms with Crippen LogP contribution < -0.4 is 10.1 Å². The molecule has 0 aliphatic carbocycles. The van der Waals surface area contributed by atoms with E-state index in [4.69, 9.17) is 4.74 Å². The van der Waals surface area contributed by atoms with E-state index in [2.05, 4.69) is 26.2 Å². The van der Waals surface area contributed by atoms with Crippen LogP contribution in [0.15, 0.2) is 18.5 Å². The number of nitrogens with one attached hydrogen (secondary N) is 1. The third kappa shape index (κ3) is 3.20. The second-order valence-electron chi connectivity index (χ2n) is 3.31. The molecule has 0 radical (unpaired) electrons.